The van der Waals surface area contributed by atoms with E-state index in [1.54, 1.807) is 24.3 Å². The molecule has 11 heavy (non-hydrogen) atoms. The normalized spacial score (nSPS) is 8.73. The average molecular weight is 165 g/mol. The van der Waals surface area contributed by atoms with E-state index >= 15 is 0 Å². The van der Waals surface area contributed by atoms with Crippen molar-refractivity contribution >= 4 is 17.4 Å². The van der Waals surface area contributed by atoms with Crippen LogP contribution in [-0.2, 0) is 0 Å². The topological polar surface area (TPSA) is 17.1 Å². The van der Waals surface area contributed by atoms with Crippen LogP contribution >= 0.6 is 11.6 Å². The number of hydrogen-bond acceptors (Lipinski definition) is 1. The van der Waals surface area contributed by atoms with Crippen LogP contribution in [0.5, 0.6) is 0 Å². The second kappa shape index (κ2) is 3.23. The highest BCUT2D eigenvalue weighted by Gasteiger charge is 2.04. The predicted molar refractivity (Wildman–Crippen MR) is 44.6 cm³/mol. The molecule has 0 saturated heterocycles. The number of ketones is 1. The molecule has 0 aliphatic heterocycles. The van der Waals surface area contributed by atoms with Crippen molar-refractivity contribution in [2.75, 3.05) is 0 Å². The van der Waals surface area contributed by atoms with Gasteiger partial charge in [0.15, 0.2) is 0 Å². The smallest absolute Gasteiger partial charge is 0.237 e. The van der Waals surface area contributed by atoms with Crippen molar-refractivity contribution in [3.05, 3.63) is 34.9 Å². The third kappa shape index (κ3) is 1.60. The van der Waals surface area contributed by atoms with E-state index in [4.69, 9.17) is 18.0 Å². The van der Waals surface area contributed by atoms with Crippen molar-refractivity contribution in [3.63, 3.8) is 0 Å². The third-order valence-electron chi connectivity index (χ3n) is 1.25. The minimum absolute atomic E-state index is 0.379. The van der Waals surface area contributed by atoms with Crippen LogP contribution in [0.15, 0.2) is 24.3 Å². The summed E-state index contributed by atoms with van der Waals surface area (Å²) in [6.07, 6.45) is 4.91. The lowest BCUT2D eigenvalue weighted by atomic mass is 10.1. The maximum Gasteiger partial charge on any atom is 0.237 e. The zero-order valence-electron chi connectivity index (χ0n) is 5.67. The molecule has 2 heteroatoms. The van der Waals surface area contributed by atoms with Gasteiger partial charge in [0.2, 0.25) is 5.78 Å². The zero-order chi connectivity index (χ0) is 8.27. The summed E-state index contributed by atoms with van der Waals surface area (Å²) in [4.78, 5) is 10.9. The summed E-state index contributed by atoms with van der Waals surface area (Å²) in [5.41, 5.74) is 0.386. The van der Waals surface area contributed by atoms with Gasteiger partial charge in [0.25, 0.3) is 0 Å². The average Bonchev–Trinajstić information content (AvgIpc) is 2.04. The summed E-state index contributed by atoms with van der Waals surface area (Å²) in [7, 11) is 0. The maximum atomic E-state index is 10.9. The van der Waals surface area contributed by atoms with E-state index < -0.39 is 0 Å². The highest BCUT2D eigenvalue weighted by molar-refractivity contribution is 6.34. The summed E-state index contributed by atoms with van der Waals surface area (Å²) in [5.74, 6) is 1.62. The molecule has 0 fully saturated rings. The van der Waals surface area contributed by atoms with Crippen LogP contribution in [0, 0.1) is 12.3 Å². The number of benzene rings is 1. The molecule has 1 nitrogen and oxygen atoms in total. The summed E-state index contributed by atoms with van der Waals surface area (Å²) < 4.78 is 0. The minimum atomic E-state index is -0.379. The van der Waals surface area contributed by atoms with E-state index in [0.717, 1.165) is 0 Å². The Balaban J connectivity index is 3.16. The first kappa shape index (κ1) is 7.84. The van der Waals surface area contributed by atoms with Crippen molar-refractivity contribution in [3.8, 4) is 12.3 Å². The van der Waals surface area contributed by atoms with E-state index in [0.29, 0.717) is 10.6 Å². The predicted octanol–water partition coefficient (Wildman–Crippen LogP) is 2.16. The van der Waals surface area contributed by atoms with E-state index in [1.165, 1.54) is 0 Å². The van der Waals surface area contributed by atoms with Crippen LogP contribution in [0.3, 0.4) is 0 Å². The minimum Gasteiger partial charge on any atom is -0.279 e. The number of carbonyl (C=O) groups excluding carboxylic acids is 1. The first-order chi connectivity index (χ1) is 5.25. The molecule has 0 saturated carbocycles. The number of Topliss-reactive ketones (excluding diaryl/α,β-unsaturated/α-hetero) is 1. The summed E-state index contributed by atoms with van der Waals surface area (Å²) in [6, 6.07) is 6.70. The van der Waals surface area contributed by atoms with Crippen LogP contribution in [0.2, 0.25) is 5.02 Å². The highest BCUT2D eigenvalue weighted by Crippen LogP contribution is 2.14. The van der Waals surface area contributed by atoms with E-state index in [2.05, 4.69) is 0 Å². The van der Waals surface area contributed by atoms with Gasteiger partial charge in [-0.25, -0.2) is 0 Å². The molecule has 0 atom stereocenters. The first-order valence-corrected chi connectivity index (χ1v) is 3.39. The van der Waals surface area contributed by atoms with Gasteiger partial charge in [0.1, 0.15) is 0 Å². The van der Waals surface area contributed by atoms with E-state index in [-0.39, 0.29) is 5.78 Å². The van der Waals surface area contributed by atoms with Gasteiger partial charge >= 0.3 is 0 Å². The molecule has 0 aliphatic rings. The third-order valence-corrected chi connectivity index (χ3v) is 1.58. The van der Waals surface area contributed by atoms with Gasteiger partial charge in [-0.15, -0.1) is 6.42 Å². The number of halogens is 1. The lowest BCUT2D eigenvalue weighted by Crippen LogP contribution is -1.94. The quantitative estimate of drug-likeness (QED) is 0.353. The molecule has 0 heterocycles. The molecule has 1 aromatic rings. The molecule has 0 N–H and O–H groups in total. The maximum absolute atomic E-state index is 10.9. The number of rotatable bonds is 1. The standard InChI is InChI=1S/C9H5ClO/c1-2-9(11)7-5-3-4-6-8(7)10/h1,3-6H. The lowest BCUT2D eigenvalue weighted by Gasteiger charge is -1.94. The molecule has 1 rings (SSSR count). The fraction of sp³-hybridized carbons (Fsp3) is 0. The Morgan fingerprint density at radius 1 is 1.45 bits per heavy atom. The second-order valence-corrected chi connectivity index (χ2v) is 2.36. The highest BCUT2D eigenvalue weighted by atomic mass is 35.5. The first-order valence-electron chi connectivity index (χ1n) is 3.01. The van der Waals surface area contributed by atoms with Crippen molar-refractivity contribution in [2.45, 2.75) is 0 Å². The van der Waals surface area contributed by atoms with Crippen LogP contribution in [0.1, 0.15) is 10.4 Å². The largest absolute Gasteiger partial charge is 0.279 e. The van der Waals surface area contributed by atoms with E-state index in [9.17, 15) is 4.79 Å². The fourth-order valence-electron chi connectivity index (χ4n) is 0.723. The summed E-state index contributed by atoms with van der Waals surface area (Å²) in [6.45, 7) is 0. The van der Waals surface area contributed by atoms with Crippen LogP contribution < -0.4 is 0 Å². The summed E-state index contributed by atoms with van der Waals surface area (Å²) in [5, 5.41) is 0.399. The molecule has 0 aromatic heterocycles. The molecular weight excluding hydrogens is 160 g/mol. The van der Waals surface area contributed by atoms with Gasteiger partial charge in [-0.2, -0.15) is 0 Å². The Hall–Kier alpha value is -1.26. The van der Waals surface area contributed by atoms with Gasteiger partial charge in [-0.3, -0.25) is 4.79 Å². The molecule has 0 radical (unpaired) electrons. The fourth-order valence-corrected chi connectivity index (χ4v) is 0.945. The zero-order valence-corrected chi connectivity index (χ0v) is 6.43. The Morgan fingerprint density at radius 3 is 2.64 bits per heavy atom. The SMILES string of the molecule is C#CC(=O)c1ccccc1Cl. The van der Waals surface area contributed by atoms with Crippen LogP contribution in [0.25, 0.3) is 0 Å². The van der Waals surface area contributed by atoms with Crippen LogP contribution in [0.4, 0.5) is 0 Å². The number of hydrogen-bond donors (Lipinski definition) is 0. The summed E-state index contributed by atoms with van der Waals surface area (Å²) >= 11 is 5.68. The molecule has 0 unspecified atom stereocenters. The van der Waals surface area contributed by atoms with Crippen molar-refractivity contribution in [2.24, 2.45) is 0 Å². The van der Waals surface area contributed by atoms with Gasteiger partial charge in [0.05, 0.1) is 5.02 Å². The van der Waals surface area contributed by atoms with Crippen molar-refractivity contribution in [1.82, 2.24) is 0 Å². The van der Waals surface area contributed by atoms with E-state index in [1.807, 2.05) is 5.92 Å². The Labute approximate surface area is 70.0 Å². The molecule has 0 amide bonds. The van der Waals surface area contributed by atoms with Crippen molar-refractivity contribution in [1.29, 1.82) is 0 Å². The molecule has 0 bridgehead atoms. The second-order valence-electron chi connectivity index (χ2n) is 1.95. The Morgan fingerprint density at radius 2 is 2.09 bits per heavy atom. The molecule has 1 aromatic carbocycles. The Kier molecular flexibility index (Phi) is 2.30. The Bertz CT molecular complexity index is 323. The van der Waals surface area contributed by atoms with Gasteiger partial charge < -0.3 is 0 Å². The van der Waals surface area contributed by atoms with Gasteiger partial charge in [0, 0.05) is 5.56 Å². The van der Waals surface area contributed by atoms with Crippen LogP contribution in [-0.4, -0.2) is 5.78 Å². The monoisotopic (exact) mass is 164 g/mol. The number of carbonyl (C=O) groups is 1. The number of terminal acetylenes is 1. The molecule has 0 spiro atoms. The molecule has 54 valence electrons. The molecule has 0 aliphatic carbocycles. The van der Waals surface area contributed by atoms with Crippen molar-refractivity contribution < 1.29 is 4.79 Å². The van der Waals surface area contributed by atoms with Gasteiger partial charge in [-0.05, 0) is 18.1 Å². The lowest BCUT2D eigenvalue weighted by molar-refractivity contribution is 0.105. The molecular formula is C9H5ClO. The van der Waals surface area contributed by atoms with Gasteiger partial charge in [-0.1, -0.05) is 23.7 Å².